The Morgan fingerprint density at radius 1 is 1.26 bits per heavy atom. The van der Waals surface area contributed by atoms with E-state index in [2.05, 4.69) is 38.2 Å². The zero-order valence-electron chi connectivity index (χ0n) is 12.5. The van der Waals surface area contributed by atoms with Crippen molar-refractivity contribution < 1.29 is 9.32 Å². The lowest BCUT2D eigenvalue weighted by Crippen LogP contribution is -2.76. The molecule has 5 heteroatoms. The molecule has 0 bridgehead atoms. The van der Waals surface area contributed by atoms with Crippen LogP contribution >= 0.6 is 0 Å². The summed E-state index contributed by atoms with van der Waals surface area (Å²) in [5.74, 6) is 0.420. The number of rotatable bonds is 2. The zero-order valence-corrected chi connectivity index (χ0v) is 12.5. The maximum atomic E-state index is 12.4. The van der Waals surface area contributed by atoms with Gasteiger partial charge in [0.25, 0.3) is 5.91 Å². The molecule has 0 atom stereocenters. The van der Waals surface area contributed by atoms with Gasteiger partial charge in [0.2, 0.25) is 0 Å². The van der Waals surface area contributed by atoms with E-state index >= 15 is 0 Å². The van der Waals surface area contributed by atoms with Gasteiger partial charge in [-0.25, -0.2) is 0 Å². The van der Waals surface area contributed by atoms with E-state index in [1.807, 2.05) is 0 Å². The first-order chi connectivity index (χ1) is 8.60. The van der Waals surface area contributed by atoms with Crippen LogP contribution in [0.5, 0.6) is 0 Å². The van der Waals surface area contributed by atoms with Crippen molar-refractivity contribution in [1.82, 2.24) is 10.5 Å². The lowest BCUT2D eigenvalue weighted by molar-refractivity contribution is -0.0663. The number of amides is 1. The molecule has 3 N–H and O–H groups in total. The predicted octanol–water partition coefficient (Wildman–Crippen LogP) is 1.78. The Bertz CT molecular complexity index is 481. The van der Waals surface area contributed by atoms with Crippen molar-refractivity contribution in [2.45, 2.75) is 53.6 Å². The molecule has 0 unspecified atom stereocenters. The van der Waals surface area contributed by atoms with Gasteiger partial charge in [0.1, 0.15) is 11.3 Å². The van der Waals surface area contributed by atoms with Crippen LogP contribution in [0.4, 0.5) is 0 Å². The minimum absolute atomic E-state index is 0.0381. The summed E-state index contributed by atoms with van der Waals surface area (Å²) >= 11 is 0. The van der Waals surface area contributed by atoms with Crippen molar-refractivity contribution in [3.63, 3.8) is 0 Å². The molecule has 1 aromatic rings. The summed E-state index contributed by atoms with van der Waals surface area (Å²) in [6.07, 6.45) is 0. The molecule has 2 rings (SSSR count). The highest BCUT2D eigenvalue weighted by Gasteiger charge is 2.60. The van der Waals surface area contributed by atoms with Gasteiger partial charge in [-0.05, 0) is 13.8 Å². The fourth-order valence-electron chi connectivity index (χ4n) is 3.56. The number of hydrogen-bond acceptors (Lipinski definition) is 4. The predicted molar refractivity (Wildman–Crippen MR) is 72.8 cm³/mol. The molecule has 0 aliphatic heterocycles. The lowest BCUT2D eigenvalue weighted by atomic mass is 9.48. The van der Waals surface area contributed by atoms with E-state index in [-0.39, 0.29) is 28.8 Å². The molecule has 1 aliphatic rings. The topological polar surface area (TPSA) is 81.2 Å². The third kappa shape index (κ3) is 1.87. The van der Waals surface area contributed by atoms with Gasteiger partial charge in [-0.3, -0.25) is 4.79 Å². The lowest BCUT2D eigenvalue weighted by Gasteiger charge is -2.62. The maximum absolute atomic E-state index is 12.4. The molecule has 0 saturated heterocycles. The Morgan fingerprint density at radius 3 is 2.21 bits per heavy atom. The van der Waals surface area contributed by atoms with E-state index in [1.54, 1.807) is 13.8 Å². The molecule has 0 radical (unpaired) electrons. The summed E-state index contributed by atoms with van der Waals surface area (Å²) in [4.78, 5) is 12.4. The highest BCUT2D eigenvalue weighted by atomic mass is 16.5. The number of hydrogen-bond donors (Lipinski definition) is 2. The summed E-state index contributed by atoms with van der Waals surface area (Å²) in [6, 6.07) is 0.103. The van der Waals surface area contributed by atoms with Gasteiger partial charge in [0.15, 0.2) is 0 Å². The average Bonchev–Trinajstić information content (AvgIpc) is 2.64. The minimum atomic E-state index is -0.130. The van der Waals surface area contributed by atoms with E-state index in [0.717, 1.165) is 0 Å². The number of nitrogens with one attached hydrogen (secondary N) is 1. The Morgan fingerprint density at radius 2 is 1.79 bits per heavy atom. The van der Waals surface area contributed by atoms with Gasteiger partial charge in [0.05, 0.1) is 5.69 Å². The van der Waals surface area contributed by atoms with Crippen LogP contribution in [0.1, 0.15) is 49.5 Å². The fraction of sp³-hybridized carbons (Fsp3) is 0.714. The van der Waals surface area contributed by atoms with E-state index in [0.29, 0.717) is 17.0 Å². The molecule has 1 amide bonds. The monoisotopic (exact) mass is 265 g/mol. The van der Waals surface area contributed by atoms with Gasteiger partial charge in [-0.15, -0.1) is 0 Å². The van der Waals surface area contributed by atoms with Gasteiger partial charge < -0.3 is 15.6 Å². The quantitative estimate of drug-likeness (QED) is 0.854. The van der Waals surface area contributed by atoms with Crippen molar-refractivity contribution in [3.8, 4) is 0 Å². The van der Waals surface area contributed by atoms with Crippen LogP contribution in [-0.4, -0.2) is 23.1 Å². The first kappa shape index (κ1) is 14.1. The fourth-order valence-corrected chi connectivity index (χ4v) is 3.56. The van der Waals surface area contributed by atoms with Crippen LogP contribution in [0.15, 0.2) is 4.52 Å². The van der Waals surface area contributed by atoms with Crippen molar-refractivity contribution in [3.05, 3.63) is 17.0 Å². The van der Waals surface area contributed by atoms with Gasteiger partial charge >= 0.3 is 0 Å². The molecule has 0 aromatic carbocycles. The largest absolute Gasteiger partial charge is 0.361 e. The molecular weight excluding hydrogens is 242 g/mol. The van der Waals surface area contributed by atoms with E-state index in [9.17, 15) is 4.79 Å². The zero-order chi connectivity index (χ0) is 14.6. The molecule has 106 valence electrons. The number of aryl methyl sites for hydroxylation is 2. The highest BCUT2D eigenvalue weighted by molar-refractivity contribution is 5.96. The summed E-state index contributed by atoms with van der Waals surface area (Å²) < 4.78 is 5.04. The number of carbonyl (C=O) groups is 1. The standard InChI is InChI=1S/C14H23N3O2/c1-7-9(8(2)19-17-7)10(18)16-12-13(3,4)11(15)14(12,5)6/h11-12H,15H2,1-6H3,(H,16,18). The van der Waals surface area contributed by atoms with Crippen molar-refractivity contribution in [2.75, 3.05) is 0 Å². The Labute approximate surface area is 113 Å². The SMILES string of the molecule is Cc1noc(C)c1C(=O)NC1C(C)(C)C(N)C1(C)C. The number of nitrogens with two attached hydrogens (primary N) is 1. The number of aromatic nitrogens is 1. The molecule has 1 heterocycles. The van der Waals surface area contributed by atoms with Crippen molar-refractivity contribution in [1.29, 1.82) is 0 Å². The molecule has 1 aromatic heterocycles. The first-order valence-electron chi connectivity index (χ1n) is 6.59. The summed E-state index contributed by atoms with van der Waals surface area (Å²) in [5.41, 5.74) is 7.12. The van der Waals surface area contributed by atoms with E-state index in [4.69, 9.17) is 10.3 Å². The Balaban J connectivity index is 2.21. The third-order valence-corrected chi connectivity index (χ3v) is 4.63. The highest BCUT2D eigenvalue weighted by Crippen LogP contribution is 2.52. The summed E-state index contributed by atoms with van der Waals surface area (Å²) in [5, 5.41) is 6.91. The van der Waals surface area contributed by atoms with Crippen molar-refractivity contribution in [2.24, 2.45) is 16.6 Å². The maximum Gasteiger partial charge on any atom is 0.257 e. The minimum Gasteiger partial charge on any atom is -0.361 e. The van der Waals surface area contributed by atoms with Crippen LogP contribution in [-0.2, 0) is 0 Å². The van der Waals surface area contributed by atoms with Crippen LogP contribution < -0.4 is 11.1 Å². The second kappa shape index (κ2) is 4.07. The van der Waals surface area contributed by atoms with Crippen LogP contribution in [0.2, 0.25) is 0 Å². The number of carbonyl (C=O) groups excluding carboxylic acids is 1. The second-order valence-electron chi connectivity index (χ2n) is 6.73. The molecule has 0 spiro atoms. The Hall–Kier alpha value is -1.36. The average molecular weight is 265 g/mol. The molecule has 1 aliphatic carbocycles. The first-order valence-corrected chi connectivity index (χ1v) is 6.59. The third-order valence-electron chi connectivity index (χ3n) is 4.63. The summed E-state index contributed by atoms with van der Waals surface area (Å²) in [7, 11) is 0. The molecule has 1 fully saturated rings. The Kier molecular flexibility index (Phi) is 3.01. The number of nitrogens with zero attached hydrogens (tertiary/aromatic N) is 1. The van der Waals surface area contributed by atoms with E-state index in [1.165, 1.54) is 0 Å². The molecule has 5 nitrogen and oxygen atoms in total. The molecule has 1 saturated carbocycles. The molecule has 19 heavy (non-hydrogen) atoms. The second-order valence-corrected chi connectivity index (χ2v) is 6.73. The van der Waals surface area contributed by atoms with Gasteiger partial charge in [0, 0.05) is 22.9 Å². The van der Waals surface area contributed by atoms with Crippen molar-refractivity contribution >= 4 is 5.91 Å². The van der Waals surface area contributed by atoms with Crippen LogP contribution in [0.3, 0.4) is 0 Å². The van der Waals surface area contributed by atoms with Crippen LogP contribution in [0, 0.1) is 24.7 Å². The van der Waals surface area contributed by atoms with E-state index < -0.39 is 0 Å². The summed E-state index contributed by atoms with van der Waals surface area (Å²) in [6.45, 7) is 11.9. The van der Waals surface area contributed by atoms with Gasteiger partial charge in [-0.2, -0.15) is 0 Å². The van der Waals surface area contributed by atoms with Gasteiger partial charge in [-0.1, -0.05) is 32.9 Å². The normalized spacial score (nSPS) is 27.7. The van der Waals surface area contributed by atoms with Crippen LogP contribution in [0.25, 0.3) is 0 Å². The molecular formula is C14H23N3O2. The smallest absolute Gasteiger partial charge is 0.257 e.